The third-order valence-corrected chi connectivity index (χ3v) is 6.51. The van der Waals surface area contributed by atoms with E-state index in [0.717, 1.165) is 16.7 Å². The highest BCUT2D eigenvalue weighted by molar-refractivity contribution is 8.18. The van der Waals surface area contributed by atoms with Crippen LogP contribution in [0.25, 0.3) is 6.08 Å². The number of para-hydroxylation sites is 2. The monoisotopic (exact) mass is 543 g/mol. The second-order valence-electron chi connectivity index (χ2n) is 7.42. The van der Waals surface area contributed by atoms with E-state index in [0.29, 0.717) is 27.8 Å². The van der Waals surface area contributed by atoms with Crippen molar-refractivity contribution in [2.45, 2.75) is 0 Å². The molecule has 0 atom stereocenters. The molecule has 1 fully saturated rings. The summed E-state index contributed by atoms with van der Waals surface area (Å²) in [5, 5.41) is 0.225. The van der Waals surface area contributed by atoms with E-state index in [9.17, 15) is 14.4 Å². The zero-order valence-corrected chi connectivity index (χ0v) is 21.2. The number of methoxy groups -OCH3 is 1. The first kappa shape index (κ1) is 25.6. The minimum atomic E-state index is -0.624. The maximum absolute atomic E-state index is 12.8. The molecule has 0 bridgehead atoms. The van der Waals surface area contributed by atoms with Gasteiger partial charge in [-0.2, -0.15) is 0 Å². The standard InChI is InChI=1S/C26H19Cl2NO6S/c1-33-21-4-2-3-5-22(21)34-13-12-29-24(30)23(36-26(29)32)14-16-6-9-18(10-7-16)35-25(31)19-11-8-17(27)15-20(19)28/h2-11,14-15H,12-13H2,1H3/b23-14-. The molecule has 0 N–H and O–H groups in total. The van der Waals surface area contributed by atoms with Crippen molar-refractivity contribution in [2.24, 2.45) is 0 Å². The molecule has 7 nitrogen and oxygen atoms in total. The number of hydrogen-bond donors (Lipinski definition) is 0. The molecule has 0 unspecified atom stereocenters. The summed E-state index contributed by atoms with van der Waals surface area (Å²) in [6.45, 7) is 0.228. The average Bonchev–Trinajstić information content (AvgIpc) is 3.12. The summed E-state index contributed by atoms with van der Waals surface area (Å²) in [6, 6.07) is 18.1. The third kappa shape index (κ3) is 6.02. The number of halogens is 2. The lowest BCUT2D eigenvalue weighted by molar-refractivity contribution is -0.123. The number of nitrogens with zero attached hydrogens (tertiary/aromatic N) is 1. The molecule has 0 aromatic heterocycles. The van der Waals surface area contributed by atoms with Crippen LogP contribution in [0.3, 0.4) is 0 Å². The SMILES string of the molecule is COc1ccccc1OCCN1C(=O)S/C(=C\c2ccc(OC(=O)c3ccc(Cl)cc3Cl)cc2)C1=O. The molecule has 1 aliphatic heterocycles. The average molecular weight is 544 g/mol. The molecule has 1 heterocycles. The van der Waals surface area contributed by atoms with Crippen LogP contribution in [0.15, 0.2) is 71.6 Å². The van der Waals surface area contributed by atoms with Crippen molar-refractivity contribution in [3.63, 3.8) is 0 Å². The van der Waals surface area contributed by atoms with E-state index < -0.39 is 11.9 Å². The maximum Gasteiger partial charge on any atom is 0.345 e. The predicted octanol–water partition coefficient (Wildman–Crippen LogP) is 6.34. The molecule has 184 valence electrons. The van der Waals surface area contributed by atoms with Gasteiger partial charge in [-0.25, -0.2) is 4.79 Å². The molecular weight excluding hydrogens is 525 g/mol. The zero-order chi connectivity index (χ0) is 25.7. The largest absolute Gasteiger partial charge is 0.493 e. The van der Waals surface area contributed by atoms with Gasteiger partial charge >= 0.3 is 5.97 Å². The first-order valence-electron chi connectivity index (χ1n) is 10.6. The van der Waals surface area contributed by atoms with Gasteiger partial charge in [0, 0.05) is 5.02 Å². The summed E-state index contributed by atoms with van der Waals surface area (Å²) in [4.78, 5) is 38.9. The molecule has 0 saturated carbocycles. The van der Waals surface area contributed by atoms with Crippen LogP contribution in [0.4, 0.5) is 4.79 Å². The molecule has 0 radical (unpaired) electrons. The Bertz CT molecular complexity index is 1340. The quantitative estimate of drug-likeness (QED) is 0.186. The number of imide groups is 1. The Kier molecular flexibility index (Phi) is 8.20. The van der Waals surface area contributed by atoms with Gasteiger partial charge in [-0.1, -0.05) is 47.5 Å². The molecule has 3 aromatic carbocycles. The number of benzene rings is 3. The van der Waals surface area contributed by atoms with Crippen LogP contribution in [0, 0.1) is 0 Å². The molecule has 36 heavy (non-hydrogen) atoms. The summed E-state index contributed by atoms with van der Waals surface area (Å²) in [5.74, 6) is 0.366. The second-order valence-corrected chi connectivity index (χ2v) is 9.25. The Labute approximate surface area is 221 Å². The van der Waals surface area contributed by atoms with Crippen LogP contribution in [0.2, 0.25) is 10.0 Å². The van der Waals surface area contributed by atoms with E-state index in [1.165, 1.54) is 19.2 Å². The number of carbonyl (C=O) groups is 3. The second kappa shape index (κ2) is 11.5. The van der Waals surface area contributed by atoms with E-state index in [2.05, 4.69) is 0 Å². The predicted molar refractivity (Wildman–Crippen MR) is 139 cm³/mol. The van der Waals surface area contributed by atoms with E-state index in [1.54, 1.807) is 54.6 Å². The van der Waals surface area contributed by atoms with Gasteiger partial charge in [0.15, 0.2) is 11.5 Å². The van der Waals surface area contributed by atoms with Gasteiger partial charge in [0.25, 0.3) is 11.1 Å². The highest BCUT2D eigenvalue weighted by atomic mass is 35.5. The normalized spacial score (nSPS) is 14.3. The van der Waals surface area contributed by atoms with Gasteiger partial charge in [0.2, 0.25) is 0 Å². The molecule has 2 amide bonds. The number of hydrogen-bond acceptors (Lipinski definition) is 7. The minimum absolute atomic E-state index is 0.0994. The molecule has 4 rings (SSSR count). The molecule has 10 heteroatoms. The lowest BCUT2D eigenvalue weighted by Gasteiger charge is -2.14. The highest BCUT2D eigenvalue weighted by Crippen LogP contribution is 2.33. The summed E-state index contributed by atoms with van der Waals surface area (Å²) in [6.07, 6.45) is 1.60. The lowest BCUT2D eigenvalue weighted by Crippen LogP contribution is -2.32. The topological polar surface area (TPSA) is 82.1 Å². The smallest absolute Gasteiger partial charge is 0.345 e. The molecule has 0 spiro atoms. The Morgan fingerprint density at radius 1 is 1.00 bits per heavy atom. The fourth-order valence-electron chi connectivity index (χ4n) is 3.28. The Hall–Kier alpha value is -3.46. The fraction of sp³-hybridized carbons (Fsp3) is 0.115. The maximum atomic E-state index is 12.8. The molecule has 0 aliphatic carbocycles. The van der Waals surface area contributed by atoms with Crippen molar-refractivity contribution >= 4 is 58.2 Å². The summed E-state index contributed by atoms with van der Waals surface area (Å²) in [7, 11) is 1.54. The Balaban J connectivity index is 1.36. The number of thioether (sulfide) groups is 1. The number of esters is 1. The van der Waals surface area contributed by atoms with Crippen molar-refractivity contribution in [3.8, 4) is 17.2 Å². The molecule has 1 saturated heterocycles. The van der Waals surface area contributed by atoms with Gasteiger partial charge in [-0.3, -0.25) is 14.5 Å². The van der Waals surface area contributed by atoms with Gasteiger partial charge in [-0.05, 0) is 65.9 Å². The highest BCUT2D eigenvalue weighted by Gasteiger charge is 2.34. The van der Waals surface area contributed by atoms with E-state index >= 15 is 0 Å². The summed E-state index contributed by atoms with van der Waals surface area (Å²) < 4.78 is 16.3. The van der Waals surface area contributed by atoms with Gasteiger partial charge in [-0.15, -0.1) is 0 Å². The van der Waals surface area contributed by atoms with Crippen LogP contribution in [-0.4, -0.2) is 42.3 Å². The molecule has 1 aliphatic rings. The number of ether oxygens (including phenoxy) is 3. The first-order chi connectivity index (χ1) is 17.4. The Morgan fingerprint density at radius 3 is 2.42 bits per heavy atom. The van der Waals surface area contributed by atoms with Crippen LogP contribution in [0.5, 0.6) is 17.2 Å². The van der Waals surface area contributed by atoms with Crippen LogP contribution in [-0.2, 0) is 4.79 Å². The van der Waals surface area contributed by atoms with Gasteiger partial charge in [0.05, 0.1) is 29.1 Å². The zero-order valence-electron chi connectivity index (χ0n) is 18.9. The number of carbonyl (C=O) groups excluding carboxylic acids is 3. The van der Waals surface area contributed by atoms with Crippen molar-refractivity contribution in [1.82, 2.24) is 4.90 Å². The molecular formula is C26H19Cl2NO6S. The number of rotatable bonds is 8. The summed E-state index contributed by atoms with van der Waals surface area (Å²) >= 11 is 12.8. The van der Waals surface area contributed by atoms with Crippen LogP contribution < -0.4 is 14.2 Å². The van der Waals surface area contributed by atoms with Gasteiger partial charge in [0.1, 0.15) is 12.4 Å². The van der Waals surface area contributed by atoms with E-state index in [-0.39, 0.29) is 33.9 Å². The minimum Gasteiger partial charge on any atom is -0.493 e. The van der Waals surface area contributed by atoms with Crippen LogP contribution >= 0.6 is 35.0 Å². The van der Waals surface area contributed by atoms with E-state index in [1.807, 2.05) is 6.07 Å². The van der Waals surface area contributed by atoms with Gasteiger partial charge < -0.3 is 14.2 Å². The first-order valence-corrected chi connectivity index (χ1v) is 12.2. The van der Waals surface area contributed by atoms with Crippen molar-refractivity contribution in [1.29, 1.82) is 0 Å². The Morgan fingerprint density at radius 2 is 1.72 bits per heavy atom. The van der Waals surface area contributed by atoms with Crippen molar-refractivity contribution < 1.29 is 28.6 Å². The van der Waals surface area contributed by atoms with Crippen molar-refractivity contribution in [3.05, 3.63) is 92.8 Å². The molecule has 3 aromatic rings. The van der Waals surface area contributed by atoms with E-state index in [4.69, 9.17) is 37.4 Å². The third-order valence-electron chi connectivity index (χ3n) is 5.05. The van der Waals surface area contributed by atoms with Crippen LogP contribution in [0.1, 0.15) is 15.9 Å². The lowest BCUT2D eigenvalue weighted by atomic mass is 10.2. The summed E-state index contributed by atoms with van der Waals surface area (Å²) in [5.41, 5.74) is 0.851. The van der Waals surface area contributed by atoms with Crippen molar-refractivity contribution in [2.75, 3.05) is 20.3 Å². The fourth-order valence-corrected chi connectivity index (χ4v) is 4.63. The number of amides is 2.